The van der Waals surface area contributed by atoms with E-state index in [1.165, 1.54) is 0 Å². The number of ether oxygens (including phenoxy) is 1. The number of piperidine rings is 1. The van der Waals surface area contributed by atoms with Crippen LogP contribution in [0.25, 0.3) is 0 Å². The molecular formula is C23H29N3O3. The van der Waals surface area contributed by atoms with Crippen LogP contribution in [0.1, 0.15) is 41.7 Å². The molecule has 2 aromatic rings. The second kappa shape index (κ2) is 9.37. The van der Waals surface area contributed by atoms with Crippen LogP contribution < -0.4 is 4.74 Å². The molecule has 1 atom stereocenters. The number of carbonyl (C=O) groups excluding carboxylic acids is 1. The average molecular weight is 396 g/mol. The van der Waals surface area contributed by atoms with Gasteiger partial charge in [-0.25, -0.2) is 0 Å². The Hall–Kier alpha value is -2.44. The molecule has 6 nitrogen and oxygen atoms in total. The molecule has 0 bridgehead atoms. The van der Waals surface area contributed by atoms with E-state index in [0.717, 1.165) is 51.0 Å². The maximum Gasteiger partial charge on any atom is 0.257 e. The number of aliphatic hydroxyl groups excluding tert-OH is 1. The van der Waals surface area contributed by atoms with Gasteiger partial charge in [0.2, 0.25) is 0 Å². The summed E-state index contributed by atoms with van der Waals surface area (Å²) in [5.74, 6) is 0.619. The number of benzene rings is 1. The summed E-state index contributed by atoms with van der Waals surface area (Å²) in [6.45, 7) is 3.49. The van der Waals surface area contributed by atoms with Crippen molar-refractivity contribution in [1.82, 2.24) is 14.8 Å². The van der Waals surface area contributed by atoms with E-state index >= 15 is 0 Å². The Morgan fingerprint density at radius 1 is 1.07 bits per heavy atom. The summed E-state index contributed by atoms with van der Waals surface area (Å²) >= 11 is 0. The van der Waals surface area contributed by atoms with Gasteiger partial charge in [-0.05, 0) is 49.9 Å². The predicted molar refractivity (Wildman–Crippen MR) is 111 cm³/mol. The third-order valence-electron chi connectivity index (χ3n) is 5.91. The van der Waals surface area contributed by atoms with Crippen molar-refractivity contribution in [2.24, 2.45) is 0 Å². The number of pyridine rings is 1. The van der Waals surface area contributed by atoms with Crippen LogP contribution in [0.4, 0.5) is 0 Å². The van der Waals surface area contributed by atoms with Gasteiger partial charge in [-0.3, -0.25) is 14.7 Å². The molecule has 3 heterocycles. The summed E-state index contributed by atoms with van der Waals surface area (Å²) in [5, 5.41) is 9.56. The molecule has 6 heteroatoms. The Morgan fingerprint density at radius 2 is 1.86 bits per heavy atom. The highest BCUT2D eigenvalue weighted by molar-refractivity contribution is 5.97. The Labute approximate surface area is 172 Å². The Bertz CT molecular complexity index is 806. The van der Waals surface area contributed by atoms with Crippen molar-refractivity contribution in [2.75, 3.05) is 26.2 Å². The fourth-order valence-corrected chi connectivity index (χ4v) is 4.28. The first kappa shape index (κ1) is 19.9. The quantitative estimate of drug-likeness (QED) is 0.815. The van der Waals surface area contributed by atoms with Crippen molar-refractivity contribution in [2.45, 2.75) is 44.4 Å². The lowest BCUT2D eigenvalue weighted by Gasteiger charge is -2.32. The van der Waals surface area contributed by atoms with Crippen molar-refractivity contribution in [3.63, 3.8) is 0 Å². The van der Waals surface area contributed by atoms with Gasteiger partial charge >= 0.3 is 0 Å². The molecule has 4 rings (SSSR count). The van der Waals surface area contributed by atoms with Crippen LogP contribution in [0.15, 0.2) is 48.7 Å². The van der Waals surface area contributed by atoms with E-state index < -0.39 is 0 Å². The fourth-order valence-electron chi connectivity index (χ4n) is 4.28. The van der Waals surface area contributed by atoms with Crippen LogP contribution in [0.2, 0.25) is 0 Å². The minimum absolute atomic E-state index is 0.0174. The van der Waals surface area contributed by atoms with Gasteiger partial charge in [0, 0.05) is 32.4 Å². The molecule has 0 saturated carbocycles. The summed E-state index contributed by atoms with van der Waals surface area (Å²) < 4.78 is 6.28. The fraction of sp³-hybridized carbons (Fsp3) is 0.478. The van der Waals surface area contributed by atoms with E-state index in [1.807, 2.05) is 42.6 Å². The van der Waals surface area contributed by atoms with Crippen LogP contribution >= 0.6 is 0 Å². The number of hydrogen-bond donors (Lipinski definition) is 1. The molecule has 0 aliphatic carbocycles. The lowest BCUT2D eigenvalue weighted by Crippen LogP contribution is -2.39. The molecule has 1 amide bonds. The topological polar surface area (TPSA) is 65.9 Å². The SMILES string of the molecule is O=C(c1ccccc1OC1CCN(Cc2ccccn2)CC1)N1CCC[C@H]1CO. The number of aliphatic hydroxyl groups is 1. The standard InChI is InChI=1S/C23H29N3O3/c27-17-19-7-5-13-26(19)23(28)21-8-1-2-9-22(21)29-20-10-14-25(15-11-20)16-18-6-3-4-12-24-18/h1-4,6,8-9,12,19-20,27H,5,7,10-11,13-17H2/t19-/m0/s1. The summed E-state index contributed by atoms with van der Waals surface area (Å²) in [4.78, 5) is 21.6. The van der Waals surface area contributed by atoms with Gasteiger partial charge in [-0.1, -0.05) is 18.2 Å². The number of para-hydroxylation sites is 1. The smallest absolute Gasteiger partial charge is 0.257 e. The summed E-state index contributed by atoms with van der Waals surface area (Å²) in [6, 6.07) is 13.4. The highest BCUT2D eigenvalue weighted by Gasteiger charge is 2.31. The predicted octanol–water partition coefficient (Wildman–Crippen LogP) is 2.72. The Kier molecular flexibility index (Phi) is 6.42. The van der Waals surface area contributed by atoms with Crippen LogP contribution in [0.3, 0.4) is 0 Å². The second-order valence-electron chi connectivity index (χ2n) is 7.89. The summed E-state index contributed by atoms with van der Waals surface area (Å²) in [5.41, 5.74) is 1.69. The molecule has 2 fully saturated rings. The highest BCUT2D eigenvalue weighted by Crippen LogP contribution is 2.27. The van der Waals surface area contributed by atoms with Crippen molar-refractivity contribution in [3.05, 3.63) is 59.9 Å². The Morgan fingerprint density at radius 3 is 2.62 bits per heavy atom. The first-order chi connectivity index (χ1) is 14.2. The average Bonchev–Trinajstić information content (AvgIpc) is 3.25. The van der Waals surface area contributed by atoms with Crippen molar-refractivity contribution in [3.8, 4) is 5.75 Å². The molecule has 2 aliphatic rings. The van der Waals surface area contributed by atoms with Gasteiger partial charge in [-0.15, -0.1) is 0 Å². The van der Waals surface area contributed by atoms with E-state index in [9.17, 15) is 9.90 Å². The maximum absolute atomic E-state index is 13.1. The lowest BCUT2D eigenvalue weighted by molar-refractivity contribution is 0.0658. The lowest BCUT2D eigenvalue weighted by atomic mass is 10.1. The van der Waals surface area contributed by atoms with Crippen molar-refractivity contribution < 1.29 is 14.6 Å². The van der Waals surface area contributed by atoms with Crippen LogP contribution in [0, 0.1) is 0 Å². The van der Waals surface area contributed by atoms with E-state index in [0.29, 0.717) is 17.9 Å². The van der Waals surface area contributed by atoms with Crippen LogP contribution in [-0.2, 0) is 6.54 Å². The number of nitrogens with zero attached hydrogens (tertiary/aromatic N) is 3. The first-order valence-corrected chi connectivity index (χ1v) is 10.5. The van der Waals surface area contributed by atoms with E-state index in [2.05, 4.69) is 16.0 Å². The normalized spacial score (nSPS) is 20.7. The number of aromatic nitrogens is 1. The van der Waals surface area contributed by atoms with Gasteiger partial charge in [0.05, 0.1) is 23.9 Å². The summed E-state index contributed by atoms with van der Waals surface area (Å²) in [7, 11) is 0. The number of amides is 1. The van der Waals surface area contributed by atoms with E-state index in [1.54, 1.807) is 4.90 Å². The first-order valence-electron chi connectivity index (χ1n) is 10.5. The number of hydrogen-bond acceptors (Lipinski definition) is 5. The number of carbonyl (C=O) groups is 1. The van der Waals surface area contributed by atoms with Gasteiger partial charge in [0.1, 0.15) is 11.9 Å². The molecule has 1 aromatic carbocycles. The number of likely N-dealkylation sites (tertiary alicyclic amines) is 2. The largest absolute Gasteiger partial charge is 0.489 e. The molecule has 2 saturated heterocycles. The van der Waals surface area contributed by atoms with E-state index in [4.69, 9.17) is 4.74 Å². The molecule has 154 valence electrons. The number of rotatable bonds is 6. The van der Waals surface area contributed by atoms with Crippen LogP contribution in [0.5, 0.6) is 5.75 Å². The highest BCUT2D eigenvalue weighted by atomic mass is 16.5. The molecule has 0 spiro atoms. The minimum atomic E-state index is -0.0783. The molecule has 29 heavy (non-hydrogen) atoms. The minimum Gasteiger partial charge on any atom is -0.489 e. The molecule has 2 aliphatic heterocycles. The van der Waals surface area contributed by atoms with Gasteiger partial charge in [-0.2, -0.15) is 0 Å². The zero-order valence-electron chi connectivity index (χ0n) is 16.7. The van der Waals surface area contributed by atoms with Gasteiger partial charge in [0.15, 0.2) is 0 Å². The molecular weight excluding hydrogens is 366 g/mol. The van der Waals surface area contributed by atoms with Crippen molar-refractivity contribution >= 4 is 5.91 Å². The summed E-state index contributed by atoms with van der Waals surface area (Å²) in [6.07, 6.45) is 5.60. The monoisotopic (exact) mass is 395 g/mol. The zero-order chi connectivity index (χ0) is 20.1. The van der Waals surface area contributed by atoms with Gasteiger partial charge in [0.25, 0.3) is 5.91 Å². The molecule has 0 radical (unpaired) electrons. The van der Waals surface area contributed by atoms with Crippen molar-refractivity contribution in [1.29, 1.82) is 0 Å². The molecule has 1 aromatic heterocycles. The molecule has 0 unspecified atom stereocenters. The second-order valence-corrected chi connectivity index (χ2v) is 7.89. The third-order valence-corrected chi connectivity index (χ3v) is 5.91. The Balaban J connectivity index is 1.36. The zero-order valence-corrected chi connectivity index (χ0v) is 16.7. The molecule has 1 N–H and O–H groups in total. The van der Waals surface area contributed by atoms with Crippen LogP contribution in [-0.4, -0.2) is 64.2 Å². The third kappa shape index (κ3) is 4.77. The maximum atomic E-state index is 13.1. The van der Waals surface area contributed by atoms with E-state index in [-0.39, 0.29) is 24.7 Å². The van der Waals surface area contributed by atoms with Gasteiger partial charge < -0.3 is 14.7 Å².